The van der Waals surface area contributed by atoms with Crippen molar-refractivity contribution >= 4 is 17.2 Å². The Balaban J connectivity index is 1.52. The molecule has 3 heterocycles. The average molecular weight is 312 g/mol. The number of halogens is 1. The zero-order chi connectivity index (χ0) is 15.8. The third-order valence-electron chi connectivity index (χ3n) is 4.20. The summed E-state index contributed by atoms with van der Waals surface area (Å²) in [4.78, 5) is 4.28. The molecular formula is C16H17FN6. The molecule has 23 heavy (non-hydrogen) atoms. The minimum Gasteiger partial charge on any atom is -0.366 e. The van der Waals surface area contributed by atoms with E-state index < -0.39 is 0 Å². The van der Waals surface area contributed by atoms with E-state index in [1.807, 2.05) is 31.2 Å². The van der Waals surface area contributed by atoms with Gasteiger partial charge in [-0.1, -0.05) is 12.1 Å². The van der Waals surface area contributed by atoms with Crippen molar-refractivity contribution in [2.75, 3.05) is 36.0 Å². The molecule has 0 aliphatic carbocycles. The molecule has 0 atom stereocenters. The molecule has 6 nitrogen and oxygen atoms in total. The van der Waals surface area contributed by atoms with Crippen molar-refractivity contribution in [2.45, 2.75) is 6.92 Å². The van der Waals surface area contributed by atoms with E-state index in [1.165, 1.54) is 6.07 Å². The fourth-order valence-electron chi connectivity index (χ4n) is 2.94. The van der Waals surface area contributed by atoms with Crippen LogP contribution < -0.4 is 9.80 Å². The molecule has 1 saturated heterocycles. The van der Waals surface area contributed by atoms with Crippen molar-refractivity contribution in [3.8, 4) is 0 Å². The van der Waals surface area contributed by atoms with E-state index in [-0.39, 0.29) is 5.82 Å². The summed E-state index contributed by atoms with van der Waals surface area (Å²) in [6.45, 7) is 5.01. The number of benzene rings is 1. The fourth-order valence-corrected chi connectivity index (χ4v) is 2.94. The van der Waals surface area contributed by atoms with Gasteiger partial charge < -0.3 is 9.80 Å². The maximum absolute atomic E-state index is 13.9. The van der Waals surface area contributed by atoms with Crippen LogP contribution in [0.4, 0.5) is 15.9 Å². The maximum atomic E-state index is 13.9. The summed E-state index contributed by atoms with van der Waals surface area (Å²) in [6, 6.07) is 10.8. The Morgan fingerprint density at radius 3 is 2.43 bits per heavy atom. The zero-order valence-electron chi connectivity index (χ0n) is 12.9. The first kappa shape index (κ1) is 13.9. The Hall–Kier alpha value is -2.70. The highest BCUT2D eigenvalue weighted by molar-refractivity contribution is 5.51. The molecule has 3 aromatic rings. The van der Waals surface area contributed by atoms with Gasteiger partial charge in [-0.2, -0.15) is 4.52 Å². The summed E-state index contributed by atoms with van der Waals surface area (Å²) in [6.07, 6.45) is 0. The number of nitrogens with zero attached hydrogens (tertiary/aromatic N) is 6. The molecule has 1 fully saturated rings. The molecule has 0 radical (unpaired) electrons. The quantitative estimate of drug-likeness (QED) is 0.723. The molecule has 1 aliphatic heterocycles. The van der Waals surface area contributed by atoms with Gasteiger partial charge in [-0.3, -0.25) is 0 Å². The Bertz CT molecular complexity index is 837. The zero-order valence-corrected chi connectivity index (χ0v) is 12.9. The van der Waals surface area contributed by atoms with Crippen molar-refractivity contribution in [3.63, 3.8) is 0 Å². The largest absolute Gasteiger partial charge is 0.366 e. The third kappa shape index (κ3) is 2.48. The first-order chi connectivity index (χ1) is 11.2. The van der Waals surface area contributed by atoms with Gasteiger partial charge in [0, 0.05) is 26.2 Å². The topological polar surface area (TPSA) is 49.6 Å². The molecule has 0 spiro atoms. The summed E-state index contributed by atoms with van der Waals surface area (Å²) >= 11 is 0. The predicted molar refractivity (Wildman–Crippen MR) is 86.3 cm³/mol. The first-order valence-corrected chi connectivity index (χ1v) is 7.66. The lowest BCUT2D eigenvalue weighted by atomic mass is 10.2. The number of hydrogen-bond acceptors (Lipinski definition) is 5. The number of anilines is 2. The summed E-state index contributed by atoms with van der Waals surface area (Å²) < 4.78 is 15.6. The number of piperazine rings is 1. The van der Waals surface area contributed by atoms with E-state index >= 15 is 0 Å². The first-order valence-electron chi connectivity index (χ1n) is 7.66. The average Bonchev–Trinajstić information content (AvgIpc) is 2.96. The lowest BCUT2D eigenvalue weighted by Gasteiger charge is -2.36. The summed E-state index contributed by atoms with van der Waals surface area (Å²) in [5.41, 5.74) is 1.42. The standard InChI is InChI=1S/C16H17FN6/c1-12-18-19-15-6-7-16(20-23(12)15)22-10-8-21(9-11-22)14-5-3-2-4-13(14)17/h2-7H,8-11H2,1H3. The van der Waals surface area contributed by atoms with Gasteiger partial charge in [-0.15, -0.1) is 15.3 Å². The predicted octanol–water partition coefficient (Wildman–Crippen LogP) is 1.90. The van der Waals surface area contributed by atoms with Crippen molar-refractivity contribution in [1.82, 2.24) is 19.8 Å². The number of fused-ring (bicyclic) bond motifs is 1. The fraction of sp³-hybridized carbons (Fsp3) is 0.312. The van der Waals surface area contributed by atoms with Crippen LogP contribution >= 0.6 is 0 Å². The monoisotopic (exact) mass is 312 g/mol. The summed E-state index contributed by atoms with van der Waals surface area (Å²) in [5, 5.41) is 12.7. The summed E-state index contributed by atoms with van der Waals surface area (Å²) in [5.74, 6) is 1.50. The molecular weight excluding hydrogens is 295 g/mol. The Morgan fingerprint density at radius 2 is 1.65 bits per heavy atom. The van der Waals surface area contributed by atoms with Crippen LogP contribution in [0.25, 0.3) is 5.65 Å². The highest BCUT2D eigenvalue weighted by Crippen LogP contribution is 2.22. The van der Waals surface area contributed by atoms with Crippen LogP contribution in [0.3, 0.4) is 0 Å². The number of rotatable bonds is 2. The van der Waals surface area contributed by atoms with Crippen LogP contribution in [0.5, 0.6) is 0 Å². The Labute approximate surface area is 133 Å². The second-order valence-electron chi connectivity index (χ2n) is 5.63. The second kappa shape index (κ2) is 5.49. The normalized spacial score (nSPS) is 15.4. The molecule has 0 N–H and O–H groups in total. The van der Waals surface area contributed by atoms with Crippen molar-refractivity contribution < 1.29 is 4.39 Å². The molecule has 0 unspecified atom stereocenters. The SMILES string of the molecule is Cc1nnc2ccc(N3CCN(c4ccccc4F)CC3)nn12. The minimum atomic E-state index is -0.166. The van der Waals surface area contributed by atoms with E-state index in [9.17, 15) is 4.39 Å². The van der Waals surface area contributed by atoms with E-state index in [2.05, 4.69) is 25.1 Å². The molecule has 2 aromatic heterocycles. The van der Waals surface area contributed by atoms with Crippen LogP contribution in [-0.2, 0) is 0 Å². The van der Waals surface area contributed by atoms with Crippen LogP contribution in [0.15, 0.2) is 36.4 Å². The number of aryl methyl sites for hydroxylation is 1. The molecule has 0 amide bonds. The van der Waals surface area contributed by atoms with Crippen LogP contribution in [0.1, 0.15) is 5.82 Å². The van der Waals surface area contributed by atoms with E-state index in [1.54, 1.807) is 10.6 Å². The molecule has 1 aromatic carbocycles. The second-order valence-corrected chi connectivity index (χ2v) is 5.63. The number of aromatic nitrogens is 4. The molecule has 1 aliphatic rings. The molecule has 0 bridgehead atoms. The maximum Gasteiger partial charge on any atom is 0.178 e. The molecule has 4 rings (SSSR count). The Morgan fingerprint density at radius 1 is 0.913 bits per heavy atom. The van der Waals surface area contributed by atoms with Crippen LogP contribution in [0.2, 0.25) is 0 Å². The van der Waals surface area contributed by atoms with Crippen molar-refractivity contribution in [2.24, 2.45) is 0 Å². The van der Waals surface area contributed by atoms with Crippen molar-refractivity contribution in [1.29, 1.82) is 0 Å². The van der Waals surface area contributed by atoms with Gasteiger partial charge in [0.2, 0.25) is 0 Å². The molecule has 0 saturated carbocycles. The van der Waals surface area contributed by atoms with Gasteiger partial charge in [0.05, 0.1) is 5.69 Å². The van der Waals surface area contributed by atoms with E-state index in [4.69, 9.17) is 0 Å². The highest BCUT2D eigenvalue weighted by atomic mass is 19.1. The minimum absolute atomic E-state index is 0.166. The number of para-hydroxylation sites is 1. The third-order valence-corrected chi connectivity index (χ3v) is 4.20. The smallest absolute Gasteiger partial charge is 0.178 e. The van der Waals surface area contributed by atoms with Crippen LogP contribution in [-0.4, -0.2) is 46.0 Å². The highest BCUT2D eigenvalue weighted by Gasteiger charge is 2.20. The van der Waals surface area contributed by atoms with Gasteiger partial charge >= 0.3 is 0 Å². The van der Waals surface area contributed by atoms with Gasteiger partial charge in [-0.05, 0) is 31.2 Å². The van der Waals surface area contributed by atoms with Gasteiger partial charge in [-0.25, -0.2) is 4.39 Å². The number of hydrogen-bond donors (Lipinski definition) is 0. The van der Waals surface area contributed by atoms with Crippen LogP contribution in [0, 0.1) is 12.7 Å². The Kier molecular flexibility index (Phi) is 3.33. The van der Waals surface area contributed by atoms with E-state index in [0.29, 0.717) is 5.69 Å². The van der Waals surface area contributed by atoms with Gasteiger partial charge in [0.25, 0.3) is 0 Å². The van der Waals surface area contributed by atoms with Gasteiger partial charge in [0.15, 0.2) is 11.5 Å². The molecule has 7 heteroatoms. The van der Waals surface area contributed by atoms with Crippen molar-refractivity contribution in [3.05, 3.63) is 48.0 Å². The van der Waals surface area contributed by atoms with E-state index in [0.717, 1.165) is 43.5 Å². The lowest BCUT2D eigenvalue weighted by molar-refractivity contribution is 0.594. The van der Waals surface area contributed by atoms with Gasteiger partial charge in [0.1, 0.15) is 11.6 Å². The molecule has 118 valence electrons. The lowest BCUT2D eigenvalue weighted by Crippen LogP contribution is -2.47. The summed E-state index contributed by atoms with van der Waals surface area (Å²) in [7, 11) is 0.